The van der Waals surface area contributed by atoms with E-state index in [9.17, 15) is 22.7 Å². The molecule has 0 radical (unpaired) electrons. The van der Waals surface area contributed by atoms with E-state index in [1.54, 1.807) is 12.3 Å². The van der Waals surface area contributed by atoms with E-state index >= 15 is 0 Å². The van der Waals surface area contributed by atoms with Crippen LogP contribution in [-0.2, 0) is 6.54 Å². The lowest BCUT2D eigenvalue weighted by molar-refractivity contribution is 0.181. The Morgan fingerprint density at radius 1 is 1.14 bits per heavy atom. The Bertz CT molecular complexity index is 1130. The van der Waals surface area contributed by atoms with Crippen LogP contribution in [0.4, 0.5) is 23.2 Å². The fourth-order valence-corrected chi connectivity index (χ4v) is 3.19. The molecule has 1 unspecified atom stereocenters. The van der Waals surface area contributed by atoms with Crippen LogP contribution in [0.1, 0.15) is 11.1 Å². The number of aliphatic imine (C=N–C) groups is 1. The van der Waals surface area contributed by atoms with Gasteiger partial charge < -0.3 is 20.3 Å². The lowest BCUT2D eigenvalue weighted by atomic mass is 10.1. The van der Waals surface area contributed by atoms with Crippen LogP contribution < -0.4 is 5.32 Å². The van der Waals surface area contributed by atoms with Gasteiger partial charge in [0, 0.05) is 29.0 Å². The lowest BCUT2D eigenvalue weighted by Crippen LogP contribution is -2.37. The van der Waals surface area contributed by atoms with Crippen molar-refractivity contribution in [2.45, 2.75) is 19.7 Å². The Labute approximate surface area is 163 Å². The average Bonchev–Trinajstić information content (AvgIpc) is 3.15. The molecule has 1 atom stereocenters. The maximum absolute atomic E-state index is 13.9. The predicted octanol–water partition coefficient (Wildman–Crippen LogP) is 4.31. The third-order valence-electron chi connectivity index (χ3n) is 4.69. The number of nitrogens with zero attached hydrogens (tertiary/aromatic N) is 2. The number of fused-ring (bicyclic) bond motifs is 1. The molecular formula is C20H16F4N4O. The number of halogens is 4. The van der Waals surface area contributed by atoms with Gasteiger partial charge in [-0.3, -0.25) is 0 Å². The zero-order valence-corrected chi connectivity index (χ0v) is 15.2. The summed E-state index contributed by atoms with van der Waals surface area (Å²) in [6, 6.07) is 7.17. The van der Waals surface area contributed by atoms with Crippen LogP contribution in [0.5, 0.6) is 0 Å². The first-order valence-corrected chi connectivity index (χ1v) is 8.70. The minimum Gasteiger partial charge on any atom is -0.366 e. The highest BCUT2D eigenvalue weighted by Crippen LogP contribution is 2.26. The number of aliphatic hydroxyl groups excluding tert-OH is 1. The molecule has 1 aliphatic rings. The number of hydrogen-bond donors (Lipinski definition) is 3. The number of rotatable bonds is 3. The van der Waals surface area contributed by atoms with Crippen molar-refractivity contribution in [3.8, 4) is 0 Å². The van der Waals surface area contributed by atoms with Crippen LogP contribution in [0.2, 0.25) is 0 Å². The Kier molecular flexibility index (Phi) is 4.75. The van der Waals surface area contributed by atoms with Gasteiger partial charge in [-0.25, -0.2) is 22.6 Å². The van der Waals surface area contributed by atoms with E-state index in [1.165, 1.54) is 4.90 Å². The van der Waals surface area contributed by atoms with E-state index in [0.29, 0.717) is 5.69 Å². The van der Waals surface area contributed by atoms with Crippen molar-refractivity contribution in [3.05, 3.63) is 77.1 Å². The summed E-state index contributed by atoms with van der Waals surface area (Å²) >= 11 is 0. The molecule has 0 bridgehead atoms. The summed E-state index contributed by atoms with van der Waals surface area (Å²) < 4.78 is 54.2. The molecule has 29 heavy (non-hydrogen) atoms. The van der Waals surface area contributed by atoms with Crippen LogP contribution in [0, 0.1) is 24.4 Å². The molecule has 0 saturated carbocycles. The second-order valence-electron chi connectivity index (χ2n) is 6.64. The molecule has 0 amide bonds. The van der Waals surface area contributed by atoms with Gasteiger partial charge in [0.25, 0.3) is 0 Å². The monoisotopic (exact) mass is 404 g/mol. The Balaban J connectivity index is 1.66. The summed E-state index contributed by atoms with van der Waals surface area (Å²) in [5.41, 5.74) is 2.53. The highest BCUT2D eigenvalue weighted by atomic mass is 19.2. The van der Waals surface area contributed by atoms with Crippen molar-refractivity contribution in [2.75, 3.05) is 5.32 Å². The van der Waals surface area contributed by atoms with Crippen LogP contribution in [0.15, 0.2) is 53.5 Å². The Morgan fingerprint density at radius 2 is 1.86 bits per heavy atom. The second kappa shape index (κ2) is 7.25. The molecule has 2 heterocycles. The van der Waals surface area contributed by atoms with Crippen molar-refractivity contribution in [2.24, 2.45) is 4.99 Å². The first-order valence-electron chi connectivity index (χ1n) is 8.70. The van der Waals surface area contributed by atoms with Crippen LogP contribution in [-0.4, -0.2) is 27.2 Å². The van der Waals surface area contributed by atoms with Crippen LogP contribution >= 0.6 is 0 Å². The predicted molar refractivity (Wildman–Crippen MR) is 101 cm³/mol. The van der Waals surface area contributed by atoms with Gasteiger partial charge in [0.2, 0.25) is 12.2 Å². The van der Waals surface area contributed by atoms with Gasteiger partial charge in [0.15, 0.2) is 23.3 Å². The standard InChI is InChI=1S/C20H16F4N4O/c1-10-12-4-5-25-17(12)3-2-16(10)26-20-27-19(29)15(23)9-28(20)8-11-6-13(21)18(24)14(22)7-11/h2-7,9,19,25,29H,8H2,1H3,(H,26,27). The van der Waals surface area contributed by atoms with Crippen molar-refractivity contribution >= 4 is 22.5 Å². The number of guanidine groups is 1. The third-order valence-corrected chi connectivity index (χ3v) is 4.69. The number of H-pyrrole nitrogens is 1. The highest BCUT2D eigenvalue weighted by Gasteiger charge is 2.24. The maximum Gasteiger partial charge on any atom is 0.205 e. The molecular weight excluding hydrogens is 388 g/mol. The summed E-state index contributed by atoms with van der Waals surface area (Å²) in [6.07, 6.45) is 1.07. The van der Waals surface area contributed by atoms with Crippen molar-refractivity contribution in [3.63, 3.8) is 0 Å². The number of hydrogen-bond acceptors (Lipinski definition) is 4. The summed E-state index contributed by atoms with van der Waals surface area (Å²) in [7, 11) is 0. The molecule has 0 saturated heterocycles. The molecule has 2 aromatic carbocycles. The second-order valence-corrected chi connectivity index (χ2v) is 6.64. The number of aryl methyl sites for hydroxylation is 1. The van der Waals surface area contributed by atoms with E-state index in [0.717, 1.165) is 34.8 Å². The van der Waals surface area contributed by atoms with Crippen LogP contribution in [0.25, 0.3) is 10.9 Å². The minimum atomic E-state index is -1.70. The van der Waals surface area contributed by atoms with Gasteiger partial charge in [-0.2, -0.15) is 0 Å². The number of aliphatic hydroxyl groups is 1. The van der Waals surface area contributed by atoms with Crippen LogP contribution in [0.3, 0.4) is 0 Å². The zero-order chi connectivity index (χ0) is 20.7. The quantitative estimate of drug-likeness (QED) is 0.450. The summed E-state index contributed by atoms with van der Waals surface area (Å²) in [5.74, 6) is -5.13. The van der Waals surface area contributed by atoms with Gasteiger partial charge in [-0.1, -0.05) is 0 Å². The summed E-state index contributed by atoms with van der Waals surface area (Å²) in [5, 5.41) is 13.8. The number of anilines is 1. The number of benzene rings is 2. The fourth-order valence-electron chi connectivity index (χ4n) is 3.19. The minimum absolute atomic E-state index is 0.0640. The smallest absolute Gasteiger partial charge is 0.205 e. The SMILES string of the molecule is Cc1c(NC2=NC(O)C(F)=CN2Cc2cc(F)c(F)c(F)c2)ccc2[nH]ccc12. The van der Waals surface area contributed by atoms with E-state index in [2.05, 4.69) is 15.3 Å². The summed E-state index contributed by atoms with van der Waals surface area (Å²) in [4.78, 5) is 8.22. The van der Waals surface area contributed by atoms with Gasteiger partial charge >= 0.3 is 0 Å². The molecule has 5 nitrogen and oxygen atoms in total. The van der Waals surface area contributed by atoms with Crippen molar-refractivity contribution in [1.29, 1.82) is 0 Å². The molecule has 3 aromatic rings. The van der Waals surface area contributed by atoms with Gasteiger partial charge in [0.05, 0.1) is 6.54 Å². The zero-order valence-electron chi connectivity index (χ0n) is 15.2. The van der Waals surface area contributed by atoms with E-state index in [4.69, 9.17) is 0 Å². The molecule has 1 aromatic heterocycles. The first-order chi connectivity index (χ1) is 13.8. The number of aromatic amines is 1. The van der Waals surface area contributed by atoms with E-state index in [1.807, 2.05) is 19.1 Å². The highest BCUT2D eigenvalue weighted by molar-refractivity contribution is 5.98. The molecule has 1 aliphatic heterocycles. The molecule has 4 rings (SSSR count). The normalized spacial score (nSPS) is 16.8. The lowest BCUT2D eigenvalue weighted by Gasteiger charge is -2.28. The molecule has 3 N–H and O–H groups in total. The van der Waals surface area contributed by atoms with E-state index in [-0.39, 0.29) is 18.1 Å². The van der Waals surface area contributed by atoms with Gasteiger partial charge in [-0.15, -0.1) is 0 Å². The summed E-state index contributed by atoms with van der Waals surface area (Å²) in [6.45, 7) is 1.68. The average molecular weight is 404 g/mol. The molecule has 0 fully saturated rings. The number of aromatic nitrogens is 1. The largest absolute Gasteiger partial charge is 0.366 e. The maximum atomic E-state index is 13.9. The first kappa shape index (κ1) is 19.0. The van der Waals surface area contributed by atoms with E-state index < -0.39 is 29.5 Å². The topological polar surface area (TPSA) is 63.7 Å². The van der Waals surface area contributed by atoms with Crippen molar-refractivity contribution in [1.82, 2.24) is 9.88 Å². The Morgan fingerprint density at radius 3 is 2.59 bits per heavy atom. The molecule has 0 aliphatic carbocycles. The fraction of sp³-hybridized carbons (Fsp3) is 0.150. The third kappa shape index (κ3) is 3.56. The molecule has 0 spiro atoms. The van der Waals surface area contributed by atoms with Gasteiger partial charge in [-0.05, 0) is 48.4 Å². The van der Waals surface area contributed by atoms with Gasteiger partial charge in [0.1, 0.15) is 0 Å². The number of nitrogens with one attached hydrogen (secondary N) is 2. The Hall–Kier alpha value is -3.33. The molecule has 150 valence electrons. The van der Waals surface area contributed by atoms with Crippen molar-refractivity contribution < 1.29 is 22.7 Å². The molecule has 9 heteroatoms.